The highest BCUT2D eigenvalue weighted by atomic mass is 16.6. The molecule has 0 aromatic carbocycles. The van der Waals surface area contributed by atoms with Crippen molar-refractivity contribution in [1.82, 2.24) is 15.1 Å². The maximum absolute atomic E-state index is 11.5. The van der Waals surface area contributed by atoms with Crippen molar-refractivity contribution >= 4 is 11.6 Å². The Morgan fingerprint density at radius 2 is 2.42 bits per heavy atom. The fraction of sp³-hybridized carbons (Fsp3) is 0.455. The first-order valence-corrected chi connectivity index (χ1v) is 5.64. The van der Waals surface area contributed by atoms with Gasteiger partial charge in [-0.25, -0.2) is 0 Å². The average molecular weight is 268 g/mol. The molecule has 1 aromatic heterocycles. The molecule has 1 heterocycles. The third kappa shape index (κ3) is 5.77. The Kier molecular flexibility index (Phi) is 5.68. The molecule has 0 bridgehead atoms. The minimum Gasteiger partial charge on any atom is -0.375 e. The average Bonchev–Trinajstić information content (AvgIpc) is 2.76. The fourth-order valence-corrected chi connectivity index (χ4v) is 1.25. The first-order valence-electron chi connectivity index (χ1n) is 5.64. The quantitative estimate of drug-likeness (QED) is 0.320. The second kappa shape index (κ2) is 7.27. The summed E-state index contributed by atoms with van der Waals surface area (Å²) in [6.07, 6.45) is 2.31. The van der Waals surface area contributed by atoms with Gasteiger partial charge in [0.25, 0.3) is 0 Å². The van der Waals surface area contributed by atoms with Gasteiger partial charge in [0, 0.05) is 6.54 Å². The number of carbonyl (C=O) groups excluding carboxylic acids is 1. The predicted molar refractivity (Wildman–Crippen MR) is 67.5 cm³/mol. The van der Waals surface area contributed by atoms with Gasteiger partial charge in [0.1, 0.15) is 18.9 Å². The fourth-order valence-electron chi connectivity index (χ4n) is 1.25. The van der Waals surface area contributed by atoms with Crippen LogP contribution in [0.2, 0.25) is 0 Å². The number of nitrogens with zero attached hydrogens (tertiary/aromatic N) is 3. The van der Waals surface area contributed by atoms with Gasteiger partial charge in [-0.15, -0.1) is 0 Å². The number of aromatic nitrogens is 2. The number of hydrogen-bond acceptors (Lipinski definition) is 5. The Hall–Kier alpha value is -2.22. The van der Waals surface area contributed by atoms with Gasteiger partial charge in [-0.05, 0) is 6.92 Å². The van der Waals surface area contributed by atoms with Gasteiger partial charge in [0.2, 0.25) is 5.91 Å². The molecule has 0 fully saturated rings. The number of hydrogen-bond donors (Lipinski definition) is 1. The van der Waals surface area contributed by atoms with Crippen molar-refractivity contribution in [3.8, 4) is 0 Å². The predicted octanol–water partition coefficient (Wildman–Crippen LogP) is 0.500. The summed E-state index contributed by atoms with van der Waals surface area (Å²) in [6.45, 7) is 6.69. The zero-order chi connectivity index (χ0) is 14.3. The molecule has 0 atom stereocenters. The summed E-state index contributed by atoms with van der Waals surface area (Å²) in [5, 5.41) is 16.8. The first kappa shape index (κ1) is 14.8. The molecule has 1 N–H and O–H groups in total. The minimum absolute atomic E-state index is 0.0612. The monoisotopic (exact) mass is 268 g/mol. The Labute approximate surface area is 110 Å². The molecule has 19 heavy (non-hydrogen) atoms. The molecule has 0 aliphatic carbocycles. The van der Waals surface area contributed by atoms with Gasteiger partial charge in [0.05, 0.1) is 18.1 Å². The van der Waals surface area contributed by atoms with Crippen molar-refractivity contribution in [2.24, 2.45) is 0 Å². The van der Waals surface area contributed by atoms with E-state index in [0.717, 1.165) is 11.8 Å². The van der Waals surface area contributed by atoms with Crippen LogP contribution in [0.25, 0.3) is 0 Å². The maximum Gasteiger partial charge on any atom is 0.307 e. The van der Waals surface area contributed by atoms with Gasteiger partial charge in [0.15, 0.2) is 0 Å². The smallest absolute Gasteiger partial charge is 0.307 e. The molecule has 8 nitrogen and oxygen atoms in total. The van der Waals surface area contributed by atoms with Crippen LogP contribution < -0.4 is 5.32 Å². The van der Waals surface area contributed by atoms with Crippen LogP contribution in [0.1, 0.15) is 6.92 Å². The van der Waals surface area contributed by atoms with E-state index in [4.69, 9.17) is 4.74 Å². The van der Waals surface area contributed by atoms with Gasteiger partial charge < -0.3 is 10.1 Å². The Morgan fingerprint density at radius 3 is 3.00 bits per heavy atom. The lowest BCUT2D eigenvalue weighted by molar-refractivity contribution is -0.385. The molecule has 0 saturated heterocycles. The molecule has 8 heteroatoms. The largest absolute Gasteiger partial charge is 0.375 e. The van der Waals surface area contributed by atoms with Gasteiger partial charge in [-0.2, -0.15) is 5.10 Å². The van der Waals surface area contributed by atoms with E-state index in [-0.39, 0.29) is 18.1 Å². The molecule has 1 rings (SSSR count). The first-order chi connectivity index (χ1) is 8.99. The third-order valence-corrected chi connectivity index (χ3v) is 2.05. The summed E-state index contributed by atoms with van der Waals surface area (Å²) >= 11 is 0. The lowest BCUT2D eigenvalue weighted by atomic mass is 10.4. The SMILES string of the molecule is C=C(C)COCCNC(=O)Cn1cc([N+](=O)[O-])cn1. The molecule has 0 saturated carbocycles. The lowest BCUT2D eigenvalue weighted by Crippen LogP contribution is -2.30. The summed E-state index contributed by atoms with van der Waals surface area (Å²) in [5.74, 6) is -0.281. The zero-order valence-electron chi connectivity index (χ0n) is 10.7. The van der Waals surface area contributed by atoms with Crippen LogP contribution in [0, 0.1) is 10.1 Å². The number of rotatable bonds is 8. The number of ether oxygens (including phenoxy) is 1. The summed E-state index contributed by atoms with van der Waals surface area (Å²) in [4.78, 5) is 21.3. The van der Waals surface area contributed by atoms with Gasteiger partial charge in [-0.1, -0.05) is 12.2 Å². The molecular weight excluding hydrogens is 252 g/mol. The van der Waals surface area contributed by atoms with Gasteiger partial charge >= 0.3 is 5.69 Å². The van der Waals surface area contributed by atoms with E-state index in [1.165, 1.54) is 10.9 Å². The summed E-state index contributed by atoms with van der Waals surface area (Å²) in [6, 6.07) is 0. The molecule has 1 aromatic rings. The van der Waals surface area contributed by atoms with E-state index in [9.17, 15) is 14.9 Å². The van der Waals surface area contributed by atoms with Crippen LogP contribution in [-0.4, -0.2) is 40.4 Å². The van der Waals surface area contributed by atoms with Crippen molar-refractivity contribution in [1.29, 1.82) is 0 Å². The Morgan fingerprint density at radius 1 is 1.68 bits per heavy atom. The molecule has 104 valence electrons. The Bertz CT molecular complexity index is 469. The number of carbonyl (C=O) groups is 1. The van der Waals surface area contributed by atoms with Crippen molar-refractivity contribution in [3.63, 3.8) is 0 Å². The number of amides is 1. The Balaban J connectivity index is 2.23. The van der Waals surface area contributed by atoms with E-state index in [0.29, 0.717) is 19.8 Å². The van der Waals surface area contributed by atoms with Crippen molar-refractivity contribution in [3.05, 3.63) is 34.7 Å². The van der Waals surface area contributed by atoms with Crippen molar-refractivity contribution < 1.29 is 14.5 Å². The van der Waals surface area contributed by atoms with Crippen LogP contribution in [-0.2, 0) is 16.1 Å². The minimum atomic E-state index is -0.563. The summed E-state index contributed by atoms with van der Waals surface area (Å²) < 4.78 is 6.42. The topological polar surface area (TPSA) is 99.3 Å². The van der Waals surface area contributed by atoms with Crippen LogP contribution in [0.3, 0.4) is 0 Å². The lowest BCUT2D eigenvalue weighted by Gasteiger charge is -2.06. The highest BCUT2D eigenvalue weighted by molar-refractivity contribution is 5.75. The summed E-state index contributed by atoms with van der Waals surface area (Å²) in [7, 11) is 0. The second-order valence-corrected chi connectivity index (χ2v) is 4.01. The normalized spacial score (nSPS) is 10.2. The number of nitrogens with one attached hydrogen (secondary N) is 1. The zero-order valence-corrected chi connectivity index (χ0v) is 10.7. The standard InChI is InChI=1S/C11H16N4O4/c1-9(2)8-19-4-3-12-11(16)7-14-6-10(5-13-14)15(17)18/h5-6H,1,3-4,7-8H2,2H3,(H,12,16). The molecule has 0 unspecified atom stereocenters. The van der Waals surface area contributed by atoms with E-state index < -0.39 is 4.92 Å². The van der Waals surface area contributed by atoms with Crippen molar-refractivity contribution in [2.75, 3.05) is 19.8 Å². The van der Waals surface area contributed by atoms with E-state index in [1.54, 1.807) is 0 Å². The van der Waals surface area contributed by atoms with Crippen molar-refractivity contribution in [2.45, 2.75) is 13.5 Å². The van der Waals surface area contributed by atoms with Gasteiger partial charge in [-0.3, -0.25) is 19.6 Å². The molecule has 0 radical (unpaired) electrons. The molecule has 1 amide bonds. The molecule has 0 aliphatic rings. The third-order valence-electron chi connectivity index (χ3n) is 2.05. The van der Waals surface area contributed by atoms with Crippen LogP contribution in [0.4, 0.5) is 5.69 Å². The maximum atomic E-state index is 11.5. The highest BCUT2D eigenvalue weighted by Crippen LogP contribution is 2.07. The number of nitro groups is 1. The van der Waals surface area contributed by atoms with E-state index in [2.05, 4.69) is 17.0 Å². The van der Waals surface area contributed by atoms with Crippen LogP contribution in [0.5, 0.6) is 0 Å². The van der Waals surface area contributed by atoms with Crippen LogP contribution >= 0.6 is 0 Å². The molecule has 0 aliphatic heterocycles. The van der Waals surface area contributed by atoms with E-state index in [1.807, 2.05) is 6.92 Å². The molecule has 0 spiro atoms. The van der Waals surface area contributed by atoms with E-state index >= 15 is 0 Å². The summed E-state index contributed by atoms with van der Waals surface area (Å²) in [5.41, 5.74) is 0.771. The second-order valence-electron chi connectivity index (χ2n) is 4.01. The molecular formula is C11H16N4O4. The highest BCUT2D eigenvalue weighted by Gasteiger charge is 2.10. The van der Waals surface area contributed by atoms with Crippen LogP contribution in [0.15, 0.2) is 24.5 Å².